The van der Waals surface area contributed by atoms with Crippen LogP contribution in [0.25, 0.3) is 0 Å². The molecule has 6 heteroatoms. The Balaban J connectivity index is 1.87. The van der Waals surface area contributed by atoms with Gasteiger partial charge in [0.25, 0.3) is 0 Å². The minimum atomic E-state index is 0.255. The van der Waals surface area contributed by atoms with Crippen LogP contribution >= 0.6 is 11.6 Å². The third-order valence-electron chi connectivity index (χ3n) is 2.24. The summed E-state index contributed by atoms with van der Waals surface area (Å²) in [4.78, 5) is 7.85. The first-order valence-electron chi connectivity index (χ1n) is 4.95. The Kier molecular flexibility index (Phi) is 3.36. The Morgan fingerprint density at radius 3 is 2.94 bits per heavy atom. The number of aromatic nitrogens is 4. The Hall–Kier alpha value is -1.62. The first-order chi connectivity index (χ1) is 7.75. The molecular formula is C10H12ClN5. The topological polar surface area (TPSA) is 55.6 Å². The van der Waals surface area contributed by atoms with Crippen molar-refractivity contribution in [1.82, 2.24) is 19.7 Å². The van der Waals surface area contributed by atoms with Crippen LogP contribution in [0.4, 0.5) is 5.82 Å². The smallest absolute Gasteiger partial charge is 0.224 e. The van der Waals surface area contributed by atoms with Crippen molar-refractivity contribution in [2.75, 3.05) is 11.9 Å². The lowest BCUT2D eigenvalue weighted by atomic mass is 10.3. The molecule has 2 aromatic rings. The molecule has 16 heavy (non-hydrogen) atoms. The van der Waals surface area contributed by atoms with Crippen LogP contribution in [0, 0.1) is 0 Å². The fraction of sp³-hybridized carbons (Fsp3) is 0.300. The molecule has 84 valence electrons. The molecule has 0 bridgehead atoms. The molecule has 0 atom stereocenters. The second kappa shape index (κ2) is 4.94. The molecule has 2 aromatic heterocycles. The predicted octanol–water partition coefficient (Wildman–Crippen LogP) is 1.52. The van der Waals surface area contributed by atoms with Gasteiger partial charge in [0, 0.05) is 38.1 Å². The normalized spacial score (nSPS) is 10.4. The molecule has 0 saturated heterocycles. The molecule has 0 amide bonds. The van der Waals surface area contributed by atoms with Crippen LogP contribution in [0.15, 0.2) is 24.5 Å². The van der Waals surface area contributed by atoms with E-state index in [0.29, 0.717) is 0 Å². The number of anilines is 1. The molecule has 2 heterocycles. The van der Waals surface area contributed by atoms with Gasteiger partial charge in [0.05, 0.1) is 0 Å². The quantitative estimate of drug-likeness (QED) is 0.820. The predicted molar refractivity (Wildman–Crippen MR) is 62.4 cm³/mol. The van der Waals surface area contributed by atoms with Crippen molar-refractivity contribution in [2.24, 2.45) is 7.05 Å². The summed E-state index contributed by atoms with van der Waals surface area (Å²) in [5, 5.41) is 7.53. The average Bonchev–Trinajstić information content (AvgIpc) is 2.65. The summed E-state index contributed by atoms with van der Waals surface area (Å²) in [6.07, 6.45) is 4.30. The van der Waals surface area contributed by atoms with Crippen molar-refractivity contribution in [2.45, 2.75) is 6.42 Å². The van der Waals surface area contributed by atoms with Gasteiger partial charge in [-0.25, -0.2) is 9.97 Å². The second-order valence-electron chi connectivity index (χ2n) is 3.33. The minimum absolute atomic E-state index is 0.255. The molecule has 0 fully saturated rings. The molecule has 0 radical (unpaired) electrons. The van der Waals surface area contributed by atoms with Crippen LogP contribution in [0.5, 0.6) is 0 Å². The van der Waals surface area contributed by atoms with Crippen molar-refractivity contribution >= 4 is 17.4 Å². The summed E-state index contributed by atoms with van der Waals surface area (Å²) in [6.45, 7) is 0.785. The van der Waals surface area contributed by atoms with E-state index in [1.54, 1.807) is 18.5 Å². The Morgan fingerprint density at radius 1 is 1.38 bits per heavy atom. The molecule has 1 N–H and O–H groups in total. The Morgan fingerprint density at radius 2 is 2.25 bits per heavy atom. The number of aryl methyl sites for hydroxylation is 1. The van der Waals surface area contributed by atoms with E-state index in [0.717, 1.165) is 18.8 Å². The van der Waals surface area contributed by atoms with Gasteiger partial charge in [-0.05, 0) is 23.7 Å². The van der Waals surface area contributed by atoms with Crippen molar-refractivity contribution in [3.05, 3.63) is 35.5 Å². The lowest BCUT2D eigenvalue weighted by molar-refractivity contribution is 0.711. The van der Waals surface area contributed by atoms with E-state index in [-0.39, 0.29) is 5.28 Å². The van der Waals surface area contributed by atoms with Crippen molar-refractivity contribution in [3.63, 3.8) is 0 Å². The average molecular weight is 238 g/mol. The monoisotopic (exact) mass is 237 g/mol. The van der Waals surface area contributed by atoms with Gasteiger partial charge >= 0.3 is 0 Å². The zero-order valence-electron chi connectivity index (χ0n) is 8.89. The first-order valence-corrected chi connectivity index (χ1v) is 5.33. The first kappa shape index (κ1) is 10.9. The summed E-state index contributed by atoms with van der Waals surface area (Å²) in [5.41, 5.74) is 1.17. The van der Waals surface area contributed by atoms with Crippen LogP contribution in [0.1, 0.15) is 5.69 Å². The summed E-state index contributed by atoms with van der Waals surface area (Å²) in [6, 6.07) is 3.78. The summed E-state index contributed by atoms with van der Waals surface area (Å²) in [7, 11) is 1.93. The van der Waals surface area contributed by atoms with Crippen molar-refractivity contribution in [3.8, 4) is 0 Å². The van der Waals surface area contributed by atoms with Crippen LogP contribution in [0.3, 0.4) is 0 Å². The van der Waals surface area contributed by atoms with Gasteiger partial charge in [-0.2, -0.15) is 5.10 Å². The fourth-order valence-electron chi connectivity index (χ4n) is 1.40. The zero-order valence-corrected chi connectivity index (χ0v) is 9.65. The van der Waals surface area contributed by atoms with E-state index in [2.05, 4.69) is 20.4 Å². The number of halogens is 1. The third kappa shape index (κ3) is 2.70. The third-order valence-corrected chi connectivity index (χ3v) is 2.42. The second-order valence-corrected chi connectivity index (χ2v) is 3.67. The Labute approximate surface area is 98.5 Å². The highest BCUT2D eigenvalue weighted by molar-refractivity contribution is 6.28. The maximum Gasteiger partial charge on any atom is 0.224 e. The lowest BCUT2D eigenvalue weighted by Crippen LogP contribution is -2.09. The maximum absolute atomic E-state index is 5.67. The molecule has 5 nitrogen and oxygen atoms in total. The highest BCUT2D eigenvalue weighted by Gasteiger charge is 1.99. The van der Waals surface area contributed by atoms with E-state index < -0.39 is 0 Å². The highest BCUT2D eigenvalue weighted by Crippen LogP contribution is 2.06. The number of nitrogens with zero attached hydrogens (tertiary/aromatic N) is 4. The van der Waals surface area contributed by atoms with Gasteiger partial charge in [0.15, 0.2) is 0 Å². The van der Waals surface area contributed by atoms with Gasteiger partial charge in [0.1, 0.15) is 5.82 Å². The van der Waals surface area contributed by atoms with E-state index >= 15 is 0 Å². The molecule has 0 spiro atoms. The summed E-state index contributed by atoms with van der Waals surface area (Å²) >= 11 is 5.67. The van der Waals surface area contributed by atoms with Gasteiger partial charge in [-0.1, -0.05) is 0 Å². The number of rotatable bonds is 4. The lowest BCUT2D eigenvalue weighted by Gasteiger charge is -2.05. The van der Waals surface area contributed by atoms with Crippen LogP contribution in [-0.4, -0.2) is 26.3 Å². The molecule has 2 rings (SSSR count). The van der Waals surface area contributed by atoms with E-state index in [9.17, 15) is 0 Å². The number of hydrogen-bond acceptors (Lipinski definition) is 4. The van der Waals surface area contributed by atoms with Crippen molar-refractivity contribution in [1.29, 1.82) is 0 Å². The van der Waals surface area contributed by atoms with Crippen molar-refractivity contribution < 1.29 is 0 Å². The van der Waals surface area contributed by atoms with Gasteiger partial charge in [-0.3, -0.25) is 4.68 Å². The number of nitrogens with one attached hydrogen (secondary N) is 1. The molecule has 0 aliphatic carbocycles. The van der Waals surface area contributed by atoms with Gasteiger partial charge in [-0.15, -0.1) is 0 Å². The summed E-state index contributed by atoms with van der Waals surface area (Å²) in [5.74, 6) is 0.738. The largest absolute Gasteiger partial charge is 0.370 e. The maximum atomic E-state index is 5.67. The van der Waals surface area contributed by atoms with E-state index in [4.69, 9.17) is 11.6 Å². The molecule has 0 unspecified atom stereocenters. The summed E-state index contributed by atoms with van der Waals surface area (Å²) < 4.78 is 1.86. The van der Waals surface area contributed by atoms with E-state index in [1.165, 1.54) is 5.69 Å². The fourth-order valence-corrected chi connectivity index (χ4v) is 1.55. The minimum Gasteiger partial charge on any atom is -0.370 e. The standard InChI is InChI=1S/C10H12ClN5/c1-16-8(3-7-14-16)2-5-12-9-4-6-13-10(11)15-9/h3-4,6-7H,2,5H2,1H3,(H,12,13,15). The highest BCUT2D eigenvalue weighted by atomic mass is 35.5. The Bertz CT molecular complexity index is 468. The molecule has 0 aromatic carbocycles. The van der Waals surface area contributed by atoms with Crippen LogP contribution in [-0.2, 0) is 13.5 Å². The molecule has 0 aliphatic rings. The van der Waals surface area contributed by atoms with Gasteiger partial charge in [0.2, 0.25) is 5.28 Å². The number of hydrogen-bond donors (Lipinski definition) is 1. The molecule has 0 saturated carbocycles. The van der Waals surface area contributed by atoms with Crippen LogP contribution in [0.2, 0.25) is 5.28 Å². The van der Waals surface area contributed by atoms with E-state index in [1.807, 2.05) is 17.8 Å². The SMILES string of the molecule is Cn1nccc1CCNc1ccnc(Cl)n1. The zero-order chi connectivity index (χ0) is 11.4. The van der Waals surface area contributed by atoms with Crippen LogP contribution < -0.4 is 5.32 Å². The molecule has 0 aliphatic heterocycles. The molecular weight excluding hydrogens is 226 g/mol. The van der Waals surface area contributed by atoms with Gasteiger partial charge < -0.3 is 5.32 Å².